The molecule has 1 saturated carbocycles. The molecule has 1 unspecified atom stereocenters. The van der Waals surface area contributed by atoms with E-state index in [1.165, 1.54) is 19.3 Å². The van der Waals surface area contributed by atoms with Gasteiger partial charge >= 0.3 is 0 Å². The lowest BCUT2D eigenvalue weighted by molar-refractivity contribution is 0.0960. The quantitative estimate of drug-likeness (QED) is 0.904. The summed E-state index contributed by atoms with van der Waals surface area (Å²) in [5.74, 6) is 1.32. The van der Waals surface area contributed by atoms with E-state index >= 15 is 0 Å². The maximum atomic E-state index is 12.7. The first-order valence-corrected chi connectivity index (χ1v) is 9.53. The topological polar surface area (TPSA) is 78.1 Å². The monoisotopic (exact) mass is 351 g/mol. The molecule has 5 nitrogen and oxygen atoms in total. The zero-order valence-electron chi connectivity index (χ0n) is 15.2. The SMILES string of the molecule is Cc1nc(N)nc2c1C(=O)CC(c1ccccc1OC1CCCCC1)C2. The second-order valence-corrected chi connectivity index (χ2v) is 7.43. The van der Waals surface area contributed by atoms with E-state index in [1.54, 1.807) is 0 Å². The van der Waals surface area contributed by atoms with Gasteiger partial charge in [0, 0.05) is 12.3 Å². The normalized spacial score (nSPS) is 20.7. The highest BCUT2D eigenvalue weighted by molar-refractivity contribution is 5.99. The lowest BCUT2D eigenvalue weighted by Gasteiger charge is -2.28. The smallest absolute Gasteiger partial charge is 0.220 e. The van der Waals surface area contributed by atoms with Crippen molar-refractivity contribution in [2.45, 2.75) is 63.9 Å². The highest BCUT2D eigenvalue weighted by Gasteiger charge is 2.31. The zero-order valence-corrected chi connectivity index (χ0v) is 15.2. The number of ketones is 1. The second-order valence-electron chi connectivity index (χ2n) is 7.43. The third-order valence-corrected chi connectivity index (χ3v) is 5.54. The average Bonchev–Trinajstić information content (AvgIpc) is 2.62. The summed E-state index contributed by atoms with van der Waals surface area (Å²) in [4.78, 5) is 21.2. The molecule has 0 aliphatic heterocycles. The Morgan fingerprint density at radius 1 is 1.08 bits per heavy atom. The Balaban J connectivity index is 1.63. The number of Topliss-reactive ketones (excluding diaryl/α,β-unsaturated/α-hetero) is 1. The van der Waals surface area contributed by atoms with Crippen LogP contribution >= 0.6 is 0 Å². The molecular formula is C21H25N3O2. The molecule has 4 rings (SSSR count). The van der Waals surface area contributed by atoms with E-state index in [-0.39, 0.29) is 23.8 Å². The molecule has 2 aromatic rings. The number of nitrogens with two attached hydrogens (primary N) is 1. The molecule has 0 amide bonds. The van der Waals surface area contributed by atoms with Crippen LogP contribution in [0.25, 0.3) is 0 Å². The van der Waals surface area contributed by atoms with E-state index < -0.39 is 0 Å². The largest absolute Gasteiger partial charge is 0.490 e. The van der Waals surface area contributed by atoms with Gasteiger partial charge in [-0.25, -0.2) is 9.97 Å². The first kappa shape index (κ1) is 17.0. The molecule has 1 atom stereocenters. The van der Waals surface area contributed by atoms with Gasteiger partial charge in [-0.05, 0) is 50.7 Å². The Morgan fingerprint density at radius 2 is 1.85 bits per heavy atom. The number of carbonyl (C=O) groups excluding carboxylic acids is 1. The fourth-order valence-corrected chi connectivity index (χ4v) is 4.31. The van der Waals surface area contributed by atoms with Crippen molar-refractivity contribution < 1.29 is 9.53 Å². The summed E-state index contributed by atoms with van der Waals surface area (Å²) in [5.41, 5.74) is 9.02. The molecule has 2 aliphatic rings. The number of fused-ring (bicyclic) bond motifs is 1. The summed E-state index contributed by atoms with van der Waals surface area (Å²) in [6.07, 6.45) is 7.45. The van der Waals surface area contributed by atoms with Crippen LogP contribution in [0.4, 0.5) is 5.95 Å². The minimum Gasteiger partial charge on any atom is -0.490 e. The predicted molar refractivity (Wildman–Crippen MR) is 101 cm³/mol. The van der Waals surface area contributed by atoms with E-state index in [0.29, 0.717) is 24.1 Å². The number of rotatable bonds is 3. The van der Waals surface area contributed by atoms with Crippen LogP contribution in [0.1, 0.15) is 71.8 Å². The predicted octanol–water partition coefficient (Wildman–Crippen LogP) is 3.99. The van der Waals surface area contributed by atoms with Crippen LogP contribution in [-0.2, 0) is 6.42 Å². The minimum absolute atomic E-state index is 0.0727. The van der Waals surface area contributed by atoms with Crippen molar-refractivity contribution in [3.05, 3.63) is 46.8 Å². The van der Waals surface area contributed by atoms with Crippen molar-refractivity contribution >= 4 is 11.7 Å². The van der Waals surface area contributed by atoms with Crippen LogP contribution in [0.3, 0.4) is 0 Å². The minimum atomic E-state index is 0.0727. The molecule has 0 radical (unpaired) electrons. The van der Waals surface area contributed by atoms with Crippen LogP contribution in [-0.4, -0.2) is 21.9 Å². The van der Waals surface area contributed by atoms with Crippen molar-refractivity contribution in [1.82, 2.24) is 9.97 Å². The number of nitrogen functional groups attached to an aromatic ring is 1. The van der Waals surface area contributed by atoms with Gasteiger partial charge in [-0.3, -0.25) is 4.79 Å². The van der Waals surface area contributed by atoms with E-state index in [4.69, 9.17) is 10.5 Å². The Hall–Kier alpha value is -2.43. The van der Waals surface area contributed by atoms with Gasteiger partial charge in [0.2, 0.25) is 5.95 Å². The number of anilines is 1. The molecule has 0 spiro atoms. The summed E-state index contributed by atoms with van der Waals surface area (Å²) in [7, 11) is 0. The van der Waals surface area contributed by atoms with Gasteiger partial charge in [-0.2, -0.15) is 0 Å². The molecular weight excluding hydrogens is 326 g/mol. The van der Waals surface area contributed by atoms with Gasteiger partial charge < -0.3 is 10.5 Å². The Morgan fingerprint density at radius 3 is 2.65 bits per heavy atom. The fraction of sp³-hybridized carbons (Fsp3) is 0.476. The van der Waals surface area contributed by atoms with Gasteiger partial charge in [0.1, 0.15) is 5.75 Å². The number of nitrogens with zero attached hydrogens (tertiary/aromatic N) is 2. The van der Waals surface area contributed by atoms with Crippen molar-refractivity contribution in [2.24, 2.45) is 0 Å². The third-order valence-electron chi connectivity index (χ3n) is 5.54. The van der Waals surface area contributed by atoms with Crippen LogP contribution in [0, 0.1) is 6.92 Å². The molecule has 0 bridgehead atoms. The Labute approximate surface area is 154 Å². The first-order chi connectivity index (χ1) is 12.6. The molecule has 1 fully saturated rings. The fourth-order valence-electron chi connectivity index (χ4n) is 4.31. The zero-order chi connectivity index (χ0) is 18.1. The summed E-state index contributed by atoms with van der Waals surface area (Å²) in [6.45, 7) is 1.83. The molecule has 0 saturated heterocycles. The van der Waals surface area contributed by atoms with Gasteiger partial charge in [0.15, 0.2) is 5.78 Å². The molecule has 1 aromatic heterocycles. The van der Waals surface area contributed by atoms with E-state index in [9.17, 15) is 4.79 Å². The number of carbonyl (C=O) groups is 1. The Kier molecular flexibility index (Phi) is 4.62. The molecule has 1 heterocycles. The Bertz CT molecular complexity index is 828. The van der Waals surface area contributed by atoms with Crippen LogP contribution in [0.2, 0.25) is 0 Å². The standard InChI is InChI=1S/C21H25N3O2/c1-13-20-17(24-21(22)23-13)11-14(12-18(20)25)16-9-5-6-10-19(16)26-15-7-3-2-4-8-15/h5-6,9-10,14-15H,2-4,7-8,11-12H2,1H3,(H2,22,23,24). The number of hydrogen-bond acceptors (Lipinski definition) is 5. The highest BCUT2D eigenvalue weighted by Crippen LogP contribution is 2.38. The highest BCUT2D eigenvalue weighted by atomic mass is 16.5. The van der Waals surface area contributed by atoms with Crippen molar-refractivity contribution in [1.29, 1.82) is 0 Å². The van der Waals surface area contributed by atoms with Crippen molar-refractivity contribution in [3.63, 3.8) is 0 Å². The molecule has 1 aromatic carbocycles. The molecule has 2 aliphatic carbocycles. The molecule has 136 valence electrons. The summed E-state index contributed by atoms with van der Waals surface area (Å²) in [6, 6.07) is 8.13. The van der Waals surface area contributed by atoms with E-state index in [1.807, 2.05) is 25.1 Å². The number of benzene rings is 1. The number of para-hydroxylation sites is 1. The lowest BCUT2D eigenvalue weighted by atomic mass is 9.81. The number of aromatic nitrogens is 2. The van der Waals surface area contributed by atoms with Crippen LogP contribution < -0.4 is 10.5 Å². The third kappa shape index (κ3) is 3.30. The number of hydrogen-bond donors (Lipinski definition) is 1. The van der Waals surface area contributed by atoms with Gasteiger partial charge in [0.05, 0.1) is 23.1 Å². The van der Waals surface area contributed by atoms with Crippen LogP contribution in [0.5, 0.6) is 5.75 Å². The maximum Gasteiger partial charge on any atom is 0.220 e. The van der Waals surface area contributed by atoms with Gasteiger partial charge in [0.25, 0.3) is 0 Å². The van der Waals surface area contributed by atoms with E-state index in [2.05, 4.69) is 16.0 Å². The van der Waals surface area contributed by atoms with Gasteiger partial charge in [-0.1, -0.05) is 24.6 Å². The first-order valence-electron chi connectivity index (χ1n) is 9.53. The van der Waals surface area contributed by atoms with Crippen LogP contribution in [0.15, 0.2) is 24.3 Å². The summed E-state index contributed by atoms with van der Waals surface area (Å²) in [5, 5.41) is 0. The molecule has 2 N–H and O–H groups in total. The average molecular weight is 351 g/mol. The van der Waals surface area contributed by atoms with Crippen molar-refractivity contribution in [2.75, 3.05) is 5.73 Å². The number of aryl methyl sites for hydroxylation is 1. The molecule has 26 heavy (non-hydrogen) atoms. The second kappa shape index (κ2) is 7.06. The lowest BCUT2D eigenvalue weighted by Crippen LogP contribution is -2.24. The maximum absolute atomic E-state index is 12.7. The summed E-state index contributed by atoms with van der Waals surface area (Å²) < 4.78 is 6.34. The van der Waals surface area contributed by atoms with E-state index in [0.717, 1.165) is 29.8 Å². The van der Waals surface area contributed by atoms with Gasteiger partial charge in [-0.15, -0.1) is 0 Å². The summed E-state index contributed by atoms with van der Waals surface area (Å²) >= 11 is 0. The van der Waals surface area contributed by atoms with Crippen molar-refractivity contribution in [3.8, 4) is 5.75 Å². The molecule has 5 heteroatoms. The number of ether oxygens (including phenoxy) is 1.